The molecule has 38 heavy (non-hydrogen) atoms. The van der Waals surface area contributed by atoms with E-state index in [-0.39, 0.29) is 11.3 Å². The van der Waals surface area contributed by atoms with Gasteiger partial charge in [-0.1, -0.05) is 69.7 Å². The molecule has 0 radical (unpaired) electrons. The largest absolute Gasteiger partial charge is 0.465 e. The maximum atomic E-state index is 13.9. The summed E-state index contributed by atoms with van der Waals surface area (Å²) in [6.45, 7) is 8.92. The number of pyridine rings is 1. The molecule has 6 heteroatoms. The van der Waals surface area contributed by atoms with Gasteiger partial charge >= 0.3 is 5.97 Å². The van der Waals surface area contributed by atoms with Gasteiger partial charge in [0, 0.05) is 15.8 Å². The third kappa shape index (κ3) is 4.73. The van der Waals surface area contributed by atoms with E-state index < -0.39 is 5.97 Å². The molecule has 0 spiro atoms. The van der Waals surface area contributed by atoms with Gasteiger partial charge in [-0.25, -0.2) is 9.78 Å². The topological polar surface area (TPSA) is 68.3 Å². The predicted octanol–water partition coefficient (Wildman–Crippen LogP) is 7.85. The van der Waals surface area contributed by atoms with Gasteiger partial charge in [-0.3, -0.25) is 4.79 Å². The first-order valence-electron chi connectivity index (χ1n) is 13.2. The molecule has 5 nitrogen and oxygen atoms in total. The van der Waals surface area contributed by atoms with Crippen LogP contribution < -0.4 is 5.32 Å². The molecule has 2 heterocycles. The fourth-order valence-electron chi connectivity index (χ4n) is 5.48. The summed E-state index contributed by atoms with van der Waals surface area (Å²) in [6, 6.07) is 17.6. The van der Waals surface area contributed by atoms with Gasteiger partial charge in [-0.05, 0) is 60.8 Å². The number of nitrogens with zero attached hydrogens (tertiary/aromatic N) is 1. The van der Waals surface area contributed by atoms with Crippen molar-refractivity contribution in [3.8, 4) is 11.3 Å². The number of fused-ring (bicyclic) bond motifs is 2. The number of benzene rings is 2. The van der Waals surface area contributed by atoms with Gasteiger partial charge in [0.25, 0.3) is 5.91 Å². The zero-order valence-electron chi connectivity index (χ0n) is 22.7. The molecule has 2 aromatic heterocycles. The highest BCUT2D eigenvalue weighted by Crippen LogP contribution is 2.46. The number of para-hydroxylation sites is 1. The molecule has 0 saturated carbocycles. The third-order valence-corrected chi connectivity index (χ3v) is 9.45. The number of rotatable bonds is 6. The minimum atomic E-state index is -0.397. The first-order valence-corrected chi connectivity index (χ1v) is 14.0. The number of thiophene rings is 1. The van der Waals surface area contributed by atoms with Crippen molar-refractivity contribution in [2.75, 3.05) is 12.4 Å². The minimum absolute atomic E-state index is 0.221. The molecule has 196 valence electrons. The van der Waals surface area contributed by atoms with Crippen LogP contribution >= 0.6 is 11.3 Å². The number of esters is 1. The van der Waals surface area contributed by atoms with Crippen molar-refractivity contribution in [2.24, 2.45) is 11.3 Å². The molecule has 0 unspecified atom stereocenters. The average Bonchev–Trinajstić information content (AvgIpc) is 3.29. The quantitative estimate of drug-likeness (QED) is 0.260. The molecule has 4 aromatic rings. The number of aryl methyl sites for hydroxylation is 1. The highest BCUT2D eigenvalue weighted by Gasteiger charge is 2.35. The van der Waals surface area contributed by atoms with Crippen molar-refractivity contribution in [2.45, 2.75) is 53.4 Å². The van der Waals surface area contributed by atoms with Crippen molar-refractivity contribution in [1.82, 2.24) is 4.98 Å². The van der Waals surface area contributed by atoms with Crippen LogP contribution in [0.2, 0.25) is 0 Å². The number of aromatic nitrogens is 1. The SMILES string of the molecule is CCC(C)(C)[C@@H]1CCc2c(sc(NC(=O)c3cc(-c4ccccc4C)nc4ccccc34)c2C(=O)OC)C1. The average molecular weight is 527 g/mol. The second kappa shape index (κ2) is 10.3. The summed E-state index contributed by atoms with van der Waals surface area (Å²) in [6.07, 6.45) is 3.85. The van der Waals surface area contributed by atoms with Crippen LogP contribution in [0.1, 0.15) is 70.3 Å². The summed E-state index contributed by atoms with van der Waals surface area (Å²) < 4.78 is 5.17. The van der Waals surface area contributed by atoms with Gasteiger partial charge in [0.15, 0.2) is 0 Å². The second-order valence-electron chi connectivity index (χ2n) is 10.8. The van der Waals surface area contributed by atoms with E-state index in [4.69, 9.17) is 9.72 Å². The van der Waals surface area contributed by atoms with E-state index in [1.165, 1.54) is 23.3 Å². The van der Waals surface area contributed by atoms with Gasteiger partial charge in [-0.15, -0.1) is 11.3 Å². The Morgan fingerprint density at radius 1 is 1.13 bits per heavy atom. The normalized spacial score (nSPS) is 15.2. The van der Waals surface area contributed by atoms with E-state index in [2.05, 4.69) is 26.1 Å². The summed E-state index contributed by atoms with van der Waals surface area (Å²) >= 11 is 1.52. The van der Waals surface area contributed by atoms with E-state index in [1.807, 2.05) is 61.5 Å². The number of ether oxygens (including phenoxy) is 1. The number of methoxy groups -OCH3 is 1. The van der Waals surface area contributed by atoms with Gasteiger partial charge < -0.3 is 10.1 Å². The van der Waals surface area contributed by atoms with Crippen LogP contribution in [0.25, 0.3) is 22.2 Å². The zero-order valence-corrected chi connectivity index (χ0v) is 23.5. The molecular formula is C32H34N2O3S. The van der Waals surface area contributed by atoms with Crippen LogP contribution in [0.15, 0.2) is 54.6 Å². The molecule has 1 aliphatic rings. The predicted molar refractivity (Wildman–Crippen MR) is 155 cm³/mol. The minimum Gasteiger partial charge on any atom is -0.465 e. The summed E-state index contributed by atoms with van der Waals surface area (Å²) in [4.78, 5) is 32.8. The number of carbonyl (C=O) groups excluding carboxylic acids is 2. The highest BCUT2D eigenvalue weighted by atomic mass is 32.1. The van der Waals surface area contributed by atoms with Crippen molar-refractivity contribution in [3.05, 3.63) is 81.7 Å². The van der Waals surface area contributed by atoms with Gasteiger partial charge in [0.05, 0.1) is 29.4 Å². The Labute approximate surface area is 228 Å². The Bertz CT molecular complexity index is 1540. The Balaban J connectivity index is 1.56. The van der Waals surface area contributed by atoms with E-state index >= 15 is 0 Å². The number of nitrogens with one attached hydrogen (secondary N) is 1. The van der Waals surface area contributed by atoms with Crippen LogP contribution in [-0.2, 0) is 17.6 Å². The Morgan fingerprint density at radius 2 is 1.87 bits per heavy atom. The summed E-state index contributed by atoms with van der Waals surface area (Å²) in [5, 5.41) is 4.44. The second-order valence-corrected chi connectivity index (χ2v) is 11.9. The van der Waals surface area contributed by atoms with Crippen molar-refractivity contribution in [1.29, 1.82) is 0 Å². The number of amides is 1. The Kier molecular flexibility index (Phi) is 7.10. The molecule has 0 bridgehead atoms. The lowest BCUT2D eigenvalue weighted by Crippen LogP contribution is -2.28. The number of anilines is 1. The fourth-order valence-corrected chi connectivity index (χ4v) is 6.79. The summed E-state index contributed by atoms with van der Waals surface area (Å²) in [5.41, 5.74) is 5.85. The number of carbonyl (C=O) groups is 2. The summed E-state index contributed by atoms with van der Waals surface area (Å²) in [7, 11) is 1.40. The number of hydrogen-bond acceptors (Lipinski definition) is 5. The van der Waals surface area contributed by atoms with Gasteiger partial charge in [0.2, 0.25) is 0 Å². The lowest BCUT2D eigenvalue weighted by Gasteiger charge is -2.36. The van der Waals surface area contributed by atoms with Crippen LogP contribution in [0.3, 0.4) is 0 Å². The number of hydrogen-bond donors (Lipinski definition) is 1. The van der Waals surface area contributed by atoms with E-state index in [1.54, 1.807) is 0 Å². The molecule has 0 aliphatic heterocycles. The summed E-state index contributed by atoms with van der Waals surface area (Å²) in [5.74, 6) is -0.118. The Hall–Kier alpha value is -3.51. The maximum Gasteiger partial charge on any atom is 0.341 e. The van der Waals surface area contributed by atoms with Crippen molar-refractivity contribution >= 4 is 39.1 Å². The highest BCUT2D eigenvalue weighted by molar-refractivity contribution is 7.17. The van der Waals surface area contributed by atoms with E-state index in [0.29, 0.717) is 22.0 Å². The monoisotopic (exact) mass is 526 g/mol. The zero-order chi connectivity index (χ0) is 27.0. The molecule has 1 N–H and O–H groups in total. The first kappa shape index (κ1) is 26.1. The maximum absolute atomic E-state index is 13.9. The molecule has 5 rings (SSSR count). The lowest BCUT2D eigenvalue weighted by atomic mass is 9.69. The standard InChI is InChI=1S/C32H34N2O3S/c1-6-32(3,4)20-15-16-23-27(17-20)38-30(28(23)31(36)37-5)34-29(35)24-18-26(21-12-8-7-11-19(21)2)33-25-14-10-9-13-22(24)25/h7-14,18,20H,6,15-17H2,1-5H3,(H,34,35)/t20-/m1/s1. The van der Waals surface area contributed by atoms with Crippen LogP contribution in [0.5, 0.6) is 0 Å². The molecular weight excluding hydrogens is 492 g/mol. The molecule has 2 aromatic carbocycles. The Morgan fingerprint density at radius 3 is 2.61 bits per heavy atom. The lowest BCUT2D eigenvalue weighted by molar-refractivity contribution is 0.0600. The van der Waals surface area contributed by atoms with Crippen LogP contribution in [0.4, 0.5) is 5.00 Å². The fraction of sp³-hybridized carbons (Fsp3) is 0.344. The van der Waals surface area contributed by atoms with Crippen molar-refractivity contribution < 1.29 is 14.3 Å². The molecule has 0 saturated heterocycles. The van der Waals surface area contributed by atoms with E-state index in [0.717, 1.165) is 59.0 Å². The van der Waals surface area contributed by atoms with Crippen LogP contribution in [-0.4, -0.2) is 24.0 Å². The van der Waals surface area contributed by atoms with Gasteiger partial charge in [0.1, 0.15) is 5.00 Å². The molecule has 0 fully saturated rings. The molecule has 1 aliphatic carbocycles. The first-order chi connectivity index (χ1) is 18.2. The van der Waals surface area contributed by atoms with E-state index in [9.17, 15) is 9.59 Å². The van der Waals surface area contributed by atoms with Gasteiger partial charge in [-0.2, -0.15) is 0 Å². The third-order valence-electron chi connectivity index (χ3n) is 8.28. The molecule has 1 atom stereocenters. The van der Waals surface area contributed by atoms with Crippen LogP contribution in [0, 0.1) is 18.3 Å². The smallest absolute Gasteiger partial charge is 0.341 e. The molecule has 1 amide bonds. The van der Waals surface area contributed by atoms with Crippen molar-refractivity contribution in [3.63, 3.8) is 0 Å².